The third kappa shape index (κ3) is 1.19. The molecule has 14 heavy (non-hydrogen) atoms. The van der Waals surface area contributed by atoms with Gasteiger partial charge in [-0.25, -0.2) is 0 Å². The highest BCUT2D eigenvalue weighted by Gasteiger charge is 2.37. The van der Waals surface area contributed by atoms with Gasteiger partial charge in [0.25, 0.3) is 5.91 Å². The van der Waals surface area contributed by atoms with E-state index < -0.39 is 0 Å². The van der Waals surface area contributed by atoms with Crippen LogP contribution in [0.4, 0.5) is 0 Å². The lowest BCUT2D eigenvalue weighted by molar-refractivity contribution is 0.0766. The van der Waals surface area contributed by atoms with Gasteiger partial charge in [0.1, 0.15) is 0 Å². The highest BCUT2D eigenvalue weighted by atomic mass is 79.9. The molecule has 1 heterocycles. The summed E-state index contributed by atoms with van der Waals surface area (Å²) >= 11 is 3.39. The maximum atomic E-state index is 11.9. The summed E-state index contributed by atoms with van der Waals surface area (Å²) in [6.45, 7) is 0.812. The summed E-state index contributed by atoms with van der Waals surface area (Å²) in [6.07, 6.45) is 2.36. The number of benzene rings is 1. The Hall–Kier alpha value is -0.830. The first-order valence-electron chi connectivity index (χ1n) is 4.85. The summed E-state index contributed by atoms with van der Waals surface area (Å²) in [7, 11) is 0. The van der Waals surface area contributed by atoms with E-state index in [2.05, 4.69) is 15.9 Å². The number of hydrogen-bond donors (Lipinski definition) is 0. The third-order valence-corrected chi connectivity index (χ3v) is 3.38. The van der Waals surface area contributed by atoms with Crippen LogP contribution in [-0.2, 0) is 6.54 Å². The summed E-state index contributed by atoms with van der Waals surface area (Å²) in [6, 6.07) is 6.50. The van der Waals surface area contributed by atoms with Crippen molar-refractivity contribution < 1.29 is 4.79 Å². The molecule has 0 N–H and O–H groups in total. The summed E-state index contributed by atoms with van der Waals surface area (Å²) in [5.74, 6) is 0.212. The van der Waals surface area contributed by atoms with E-state index >= 15 is 0 Å². The quantitative estimate of drug-likeness (QED) is 0.752. The molecule has 1 aromatic rings. The van der Waals surface area contributed by atoms with Crippen LogP contribution >= 0.6 is 15.9 Å². The Morgan fingerprint density at radius 2 is 2.14 bits per heavy atom. The van der Waals surface area contributed by atoms with Gasteiger partial charge in [-0.2, -0.15) is 0 Å². The molecule has 0 saturated heterocycles. The number of halogens is 1. The fraction of sp³-hybridized carbons (Fsp3) is 0.364. The van der Waals surface area contributed by atoms with Gasteiger partial charge in [0.05, 0.1) is 0 Å². The fourth-order valence-electron chi connectivity index (χ4n) is 1.98. The number of amides is 1. The molecule has 2 aliphatic rings. The largest absolute Gasteiger partial charge is 0.331 e. The Morgan fingerprint density at radius 3 is 2.86 bits per heavy atom. The van der Waals surface area contributed by atoms with Crippen LogP contribution in [0.3, 0.4) is 0 Å². The molecular formula is C11H10BrNO. The lowest BCUT2D eigenvalue weighted by Crippen LogP contribution is -2.25. The van der Waals surface area contributed by atoms with Crippen molar-refractivity contribution in [1.82, 2.24) is 4.90 Å². The minimum Gasteiger partial charge on any atom is -0.331 e. The second-order valence-electron chi connectivity index (χ2n) is 3.97. The highest BCUT2D eigenvalue weighted by molar-refractivity contribution is 9.10. The van der Waals surface area contributed by atoms with E-state index in [9.17, 15) is 4.79 Å². The first kappa shape index (κ1) is 8.48. The van der Waals surface area contributed by atoms with E-state index in [1.54, 1.807) is 0 Å². The molecule has 0 bridgehead atoms. The number of carbonyl (C=O) groups excluding carboxylic acids is 1. The van der Waals surface area contributed by atoms with Crippen LogP contribution in [0, 0.1) is 0 Å². The fourth-order valence-corrected chi connectivity index (χ4v) is 2.34. The van der Waals surface area contributed by atoms with Crippen LogP contribution in [0.2, 0.25) is 0 Å². The number of rotatable bonds is 1. The molecule has 1 fully saturated rings. The second-order valence-corrected chi connectivity index (χ2v) is 4.88. The van der Waals surface area contributed by atoms with E-state index in [0.717, 1.165) is 16.6 Å². The van der Waals surface area contributed by atoms with Gasteiger partial charge in [0, 0.05) is 22.6 Å². The molecule has 1 aromatic carbocycles. The topological polar surface area (TPSA) is 20.3 Å². The van der Waals surface area contributed by atoms with Gasteiger partial charge in [0.15, 0.2) is 0 Å². The molecule has 1 aliphatic carbocycles. The average molecular weight is 252 g/mol. The number of nitrogens with zero attached hydrogens (tertiary/aromatic N) is 1. The molecule has 0 aromatic heterocycles. The van der Waals surface area contributed by atoms with Crippen LogP contribution in [0.25, 0.3) is 0 Å². The molecule has 0 unspecified atom stereocenters. The van der Waals surface area contributed by atoms with E-state index in [1.165, 1.54) is 18.4 Å². The van der Waals surface area contributed by atoms with Crippen molar-refractivity contribution >= 4 is 21.8 Å². The van der Waals surface area contributed by atoms with Gasteiger partial charge < -0.3 is 4.90 Å². The maximum Gasteiger partial charge on any atom is 0.254 e. The average Bonchev–Trinajstić information content (AvgIpc) is 2.95. The molecule has 3 heteroatoms. The van der Waals surface area contributed by atoms with Crippen molar-refractivity contribution in [2.45, 2.75) is 25.4 Å². The smallest absolute Gasteiger partial charge is 0.254 e. The molecule has 1 saturated carbocycles. The number of carbonyl (C=O) groups is 1. The van der Waals surface area contributed by atoms with Crippen molar-refractivity contribution in [3.05, 3.63) is 33.8 Å². The summed E-state index contributed by atoms with van der Waals surface area (Å²) in [5, 5.41) is 0. The van der Waals surface area contributed by atoms with Crippen LogP contribution < -0.4 is 0 Å². The van der Waals surface area contributed by atoms with Crippen LogP contribution in [0.15, 0.2) is 22.7 Å². The molecule has 2 nitrogen and oxygen atoms in total. The predicted octanol–water partition coefficient (Wildman–Crippen LogP) is 2.57. The van der Waals surface area contributed by atoms with Crippen LogP contribution in [-0.4, -0.2) is 16.8 Å². The maximum absolute atomic E-state index is 11.9. The monoisotopic (exact) mass is 251 g/mol. The van der Waals surface area contributed by atoms with Gasteiger partial charge in [-0.15, -0.1) is 0 Å². The summed E-state index contributed by atoms with van der Waals surface area (Å²) in [4.78, 5) is 13.9. The van der Waals surface area contributed by atoms with E-state index in [-0.39, 0.29) is 5.91 Å². The van der Waals surface area contributed by atoms with Gasteiger partial charge in [-0.3, -0.25) is 4.79 Å². The molecule has 3 rings (SSSR count). The predicted molar refractivity (Wildman–Crippen MR) is 57.0 cm³/mol. The zero-order valence-electron chi connectivity index (χ0n) is 7.66. The third-order valence-electron chi connectivity index (χ3n) is 2.89. The molecule has 1 amide bonds. The lowest BCUT2D eigenvalue weighted by Gasteiger charge is -2.13. The standard InChI is InChI=1S/C11H10BrNO/c12-8-2-1-7-6-13(9-3-4-9)11(14)10(7)5-8/h1-2,5,9H,3-4,6H2. The Balaban J connectivity index is 2.01. The van der Waals surface area contributed by atoms with Gasteiger partial charge in [-0.05, 0) is 30.5 Å². The Bertz CT molecular complexity index is 412. The van der Waals surface area contributed by atoms with E-state index in [0.29, 0.717) is 6.04 Å². The van der Waals surface area contributed by atoms with E-state index in [4.69, 9.17) is 0 Å². The van der Waals surface area contributed by atoms with Crippen LogP contribution in [0.1, 0.15) is 28.8 Å². The van der Waals surface area contributed by atoms with Crippen molar-refractivity contribution in [1.29, 1.82) is 0 Å². The van der Waals surface area contributed by atoms with Gasteiger partial charge in [0.2, 0.25) is 0 Å². The van der Waals surface area contributed by atoms with Crippen molar-refractivity contribution in [2.75, 3.05) is 0 Å². The number of fused-ring (bicyclic) bond motifs is 1. The lowest BCUT2D eigenvalue weighted by atomic mass is 10.1. The number of hydrogen-bond acceptors (Lipinski definition) is 1. The van der Waals surface area contributed by atoms with Crippen molar-refractivity contribution in [2.24, 2.45) is 0 Å². The zero-order valence-corrected chi connectivity index (χ0v) is 9.25. The molecule has 1 aliphatic heterocycles. The molecule has 0 radical (unpaired) electrons. The Kier molecular flexibility index (Phi) is 1.71. The molecular weight excluding hydrogens is 242 g/mol. The SMILES string of the molecule is O=C1c2cc(Br)ccc2CN1C1CC1. The van der Waals surface area contributed by atoms with Crippen molar-refractivity contribution in [3.63, 3.8) is 0 Å². The van der Waals surface area contributed by atoms with E-state index in [1.807, 2.05) is 23.1 Å². The Morgan fingerprint density at radius 1 is 1.36 bits per heavy atom. The second kappa shape index (κ2) is 2.83. The van der Waals surface area contributed by atoms with Gasteiger partial charge >= 0.3 is 0 Å². The molecule has 0 spiro atoms. The molecule has 72 valence electrons. The minimum absolute atomic E-state index is 0.212. The first-order valence-corrected chi connectivity index (χ1v) is 5.64. The normalized spacial score (nSPS) is 20.1. The van der Waals surface area contributed by atoms with Gasteiger partial charge in [-0.1, -0.05) is 22.0 Å². The summed E-state index contributed by atoms with van der Waals surface area (Å²) in [5.41, 5.74) is 2.05. The zero-order chi connectivity index (χ0) is 9.71. The molecule has 0 atom stereocenters. The Labute approximate surface area is 91.0 Å². The van der Waals surface area contributed by atoms with Crippen LogP contribution in [0.5, 0.6) is 0 Å². The first-order chi connectivity index (χ1) is 6.75. The summed E-state index contributed by atoms with van der Waals surface area (Å²) < 4.78 is 0.988. The highest BCUT2D eigenvalue weighted by Crippen LogP contribution is 2.35. The van der Waals surface area contributed by atoms with Crippen molar-refractivity contribution in [3.8, 4) is 0 Å². The minimum atomic E-state index is 0.212.